The van der Waals surface area contributed by atoms with Gasteiger partial charge in [0, 0.05) is 36.3 Å². The van der Waals surface area contributed by atoms with E-state index in [-0.39, 0.29) is 23.3 Å². The normalized spacial score (nSPS) is 20.2. The van der Waals surface area contributed by atoms with Crippen molar-refractivity contribution in [2.75, 3.05) is 39.3 Å². The molecule has 0 aromatic heterocycles. The summed E-state index contributed by atoms with van der Waals surface area (Å²) in [5.41, 5.74) is 1.42. The van der Waals surface area contributed by atoms with Gasteiger partial charge in [0.2, 0.25) is 10.0 Å². The molecule has 192 valence electrons. The molecule has 2 aromatic rings. The van der Waals surface area contributed by atoms with E-state index < -0.39 is 10.0 Å². The highest BCUT2D eigenvalue weighted by Gasteiger charge is 2.32. The SMILES string of the molecule is CCN(CC)C(CNCC(=O)c1cccc(S(=O)(=O)N2CC(C)CC(C)C2)c1)c1ccccc1Cl. The molecule has 1 N–H and O–H groups in total. The first-order valence-corrected chi connectivity index (χ1v) is 14.3. The molecule has 0 bridgehead atoms. The number of sulfonamides is 1. The van der Waals surface area contributed by atoms with Crippen molar-refractivity contribution >= 4 is 27.4 Å². The summed E-state index contributed by atoms with van der Waals surface area (Å²) in [6.07, 6.45) is 1.03. The molecule has 0 aliphatic carbocycles. The van der Waals surface area contributed by atoms with Crippen molar-refractivity contribution in [3.05, 3.63) is 64.7 Å². The third kappa shape index (κ3) is 6.92. The lowest BCUT2D eigenvalue weighted by Crippen LogP contribution is -2.42. The van der Waals surface area contributed by atoms with Crippen LogP contribution in [-0.2, 0) is 10.0 Å². The first-order chi connectivity index (χ1) is 16.7. The van der Waals surface area contributed by atoms with Crippen LogP contribution in [0.1, 0.15) is 56.1 Å². The molecule has 3 atom stereocenters. The molecule has 1 aliphatic rings. The molecule has 1 heterocycles. The number of hydrogen-bond acceptors (Lipinski definition) is 5. The zero-order valence-corrected chi connectivity index (χ0v) is 22.8. The molecule has 0 radical (unpaired) electrons. The average molecular weight is 520 g/mol. The Kier molecular flexibility index (Phi) is 9.90. The topological polar surface area (TPSA) is 69.7 Å². The molecule has 35 heavy (non-hydrogen) atoms. The minimum absolute atomic E-state index is 0.0290. The Morgan fingerprint density at radius 3 is 2.37 bits per heavy atom. The number of likely N-dealkylation sites (N-methyl/N-ethyl adjacent to an activating group) is 1. The number of benzene rings is 2. The van der Waals surface area contributed by atoms with Gasteiger partial charge in [0.05, 0.1) is 11.4 Å². The predicted octanol–water partition coefficient (Wildman–Crippen LogP) is 4.86. The number of Topliss-reactive ketones (excluding diaryl/α,β-unsaturated/α-hetero) is 1. The molecule has 3 unspecified atom stereocenters. The molecule has 1 saturated heterocycles. The number of nitrogens with zero attached hydrogens (tertiary/aromatic N) is 2. The van der Waals surface area contributed by atoms with Gasteiger partial charge in [-0.2, -0.15) is 4.31 Å². The van der Waals surface area contributed by atoms with Crippen LogP contribution in [-0.4, -0.2) is 62.7 Å². The number of ketones is 1. The van der Waals surface area contributed by atoms with E-state index in [1.165, 1.54) is 6.07 Å². The fourth-order valence-electron chi connectivity index (χ4n) is 5.05. The Labute approximate surface area is 215 Å². The van der Waals surface area contributed by atoms with Crippen molar-refractivity contribution in [3.8, 4) is 0 Å². The fraction of sp³-hybridized carbons (Fsp3) is 0.519. The largest absolute Gasteiger partial charge is 0.308 e. The summed E-state index contributed by atoms with van der Waals surface area (Å²) < 4.78 is 28.1. The third-order valence-electron chi connectivity index (χ3n) is 6.77. The van der Waals surface area contributed by atoms with E-state index in [1.54, 1.807) is 22.5 Å². The number of piperidine rings is 1. The monoisotopic (exact) mass is 519 g/mol. The Morgan fingerprint density at radius 1 is 1.09 bits per heavy atom. The Hall–Kier alpha value is -1.77. The van der Waals surface area contributed by atoms with Crippen LogP contribution >= 0.6 is 11.6 Å². The Bertz CT molecular complexity index is 1090. The molecule has 0 amide bonds. The van der Waals surface area contributed by atoms with Gasteiger partial charge in [0.1, 0.15) is 0 Å². The lowest BCUT2D eigenvalue weighted by Gasteiger charge is -2.34. The van der Waals surface area contributed by atoms with Crippen LogP contribution in [0.3, 0.4) is 0 Å². The smallest absolute Gasteiger partial charge is 0.243 e. The first kappa shape index (κ1) is 27.8. The molecular weight excluding hydrogens is 482 g/mol. The van der Waals surface area contributed by atoms with Crippen LogP contribution in [0.15, 0.2) is 53.4 Å². The maximum absolute atomic E-state index is 13.3. The van der Waals surface area contributed by atoms with Crippen molar-refractivity contribution in [1.29, 1.82) is 0 Å². The summed E-state index contributed by atoms with van der Waals surface area (Å²) >= 11 is 6.47. The van der Waals surface area contributed by atoms with E-state index in [9.17, 15) is 13.2 Å². The van der Waals surface area contributed by atoms with Gasteiger partial charge in [-0.3, -0.25) is 9.69 Å². The molecule has 3 rings (SSSR count). The molecule has 0 spiro atoms. The van der Waals surface area contributed by atoms with Crippen LogP contribution in [0, 0.1) is 11.8 Å². The first-order valence-electron chi connectivity index (χ1n) is 12.5. The van der Waals surface area contributed by atoms with Gasteiger partial charge in [-0.1, -0.05) is 69.6 Å². The highest BCUT2D eigenvalue weighted by molar-refractivity contribution is 7.89. The number of halogens is 1. The number of carbonyl (C=O) groups is 1. The van der Waals surface area contributed by atoms with Crippen LogP contribution in [0.4, 0.5) is 0 Å². The summed E-state index contributed by atoms with van der Waals surface area (Å²) in [5.74, 6) is 0.499. The standard InChI is InChI=1S/C27H38ClN3O3S/c1-5-30(6-2)26(24-12-7-8-13-25(24)28)16-29-17-27(32)22-10-9-11-23(15-22)35(33,34)31-18-20(3)14-21(4)19-31/h7-13,15,20-21,26,29H,5-6,14,16-19H2,1-4H3. The molecule has 1 fully saturated rings. The van der Waals surface area contributed by atoms with Crippen LogP contribution in [0.2, 0.25) is 5.02 Å². The summed E-state index contributed by atoms with van der Waals surface area (Å²) in [7, 11) is -3.64. The zero-order chi connectivity index (χ0) is 25.6. The lowest BCUT2D eigenvalue weighted by molar-refractivity contribution is 0.0986. The fourth-order valence-corrected chi connectivity index (χ4v) is 7.04. The van der Waals surface area contributed by atoms with Gasteiger partial charge in [0.25, 0.3) is 0 Å². The molecule has 0 saturated carbocycles. The Morgan fingerprint density at radius 2 is 1.74 bits per heavy atom. The molecule has 1 aliphatic heterocycles. The van der Waals surface area contributed by atoms with Crippen molar-refractivity contribution in [1.82, 2.24) is 14.5 Å². The van der Waals surface area contributed by atoms with Crippen LogP contribution in [0.5, 0.6) is 0 Å². The van der Waals surface area contributed by atoms with Crippen molar-refractivity contribution in [2.45, 2.75) is 45.1 Å². The minimum atomic E-state index is -3.64. The Balaban J connectivity index is 1.70. The number of carbonyl (C=O) groups excluding carboxylic acids is 1. The maximum atomic E-state index is 13.3. The second kappa shape index (κ2) is 12.5. The van der Waals surface area contributed by atoms with Crippen molar-refractivity contribution in [2.24, 2.45) is 11.8 Å². The highest BCUT2D eigenvalue weighted by Crippen LogP contribution is 2.28. The summed E-state index contributed by atoms with van der Waals surface area (Å²) in [6.45, 7) is 11.8. The molecule has 6 nitrogen and oxygen atoms in total. The average Bonchev–Trinajstić information content (AvgIpc) is 2.83. The van der Waals surface area contributed by atoms with Crippen molar-refractivity contribution < 1.29 is 13.2 Å². The van der Waals surface area contributed by atoms with Crippen LogP contribution < -0.4 is 5.32 Å². The highest BCUT2D eigenvalue weighted by atomic mass is 35.5. The van der Waals surface area contributed by atoms with E-state index in [4.69, 9.17) is 11.6 Å². The zero-order valence-electron chi connectivity index (χ0n) is 21.2. The number of nitrogens with one attached hydrogen (secondary N) is 1. The molecular formula is C27H38ClN3O3S. The molecule has 2 aromatic carbocycles. The summed E-state index contributed by atoms with van der Waals surface area (Å²) in [5, 5.41) is 3.99. The second-order valence-electron chi connectivity index (χ2n) is 9.61. The summed E-state index contributed by atoms with van der Waals surface area (Å²) in [6, 6.07) is 14.2. The van der Waals surface area contributed by atoms with Gasteiger partial charge in [0.15, 0.2) is 5.78 Å². The van der Waals surface area contributed by atoms with Crippen molar-refractivity contribution in [3.63, 3.8) is 0 Å². The predicted molar refractivity (Wildman–Crippen MR) is 142 cm³/mol. The van der Waals surface area contributed by atoms with Gasteiger partial charge in [-0.25, -0.2) is 8.42 Å². The minimum Gasteiger partial charge on any atom is -0.308 e. The quantitative estimate of drug-likeness (QED) is 0.429. The second-order valence-corrected chi connectivity index (χ2v) is 12.0. The van der Waals surface area contributed by atoms with Gasteiger partial charge < -0.3 is 5.32 Å². The van der Waals surface area contributed by atoms with E-state index in [0.717, 1.165) is 25.1 Å². The molecule has 8 heteroatoms. The van der Waals surface area contributed by atoms with E-state index in [0.29, 0.717) is 42.1 Å². The van der Waals surface area contributed by atoms with Crippen LogP contribution in [0.25, 0.3) is 0 Å². The number of rotatable bonds is 11. The summed E-state index contributed by atoms with van der Waals surface area (Å²) in [4.78, 5) is 15.5. The lowest BCUT2D eigenvalue weighted by atomic mass is 9.94. The van der Waals surface area contributed by atoms with E-state index in [1.807, 2.05) is 24.3 Å². The van der Waals surface area contributed by atoms with Gasteiger partial charge in [-0.15, -0.1) is 0 Å². The third-order valence-corrected chi connectivity index (χ3v) is 8.94. The number of hydrogen-bond donors (Lipinski definition) is 1. The van der Waals surface area contributed by atoms with E-state index in [2.05, 4.69) is 37.9 Å². The van der Waals surface area contributed by atoms with Gasteiger partial charge in [-0.05, 0) is 55.1 Å². The maximum Gasteiger partial charge on any atom is 0.243 e. The van der Waals surface area contributed by atoms with Gasteiger partial charge >= 0.3 is 0 Å². The van der Waals surface area contributed by atoms with E-state index >= 15 is 0 Å².